The van der Waals surface area contributed by atoms with Gasteiger partial charge in [0.05, 0.1) is 18.3 Å². The largest absolute Gasteiger partial charge is 0.496 e. The molecular weight excluding hydrogens is 672 g/mol. The Hall–Kier alpha value is -3.11. The van der Waals surface area contributed by atoms with Gasteiger partial charge < -0.3 is 25.7 Å². The number of nitrogens with one attached hydrogen (secondary N) is 1. The zero-order valence-electron chi connectivity index (χ0n) is 32.0. The second kappa shape index (κ2) is 22.8. The van der Waals surface area contributed by atoms with E-state index in [1.54, 1.807) is 18.2 Å². The van der Waals surface area contributed by atoms with Crippen LogP contribution in [0, 0.1) is 5.82 Å². The number of nitrogens with two attached hydrogens (primary N) is 1. The van der Waals surface area contributed by atoms with Crippen molar-refractivity contribution in [2.24, 2.45) is 5.73 Å². The lowest BCUT2D eigenvalue weighted by molar-refractivity contribution is -0.135. The van der Waals surface area contributed by atoms with E-state index in [1.165, 1.54) is 76.7 Å². The topological polar surface area (TPSA) is 109 Å². The Balaban J connectivity index is 0.000000734. The molecule has 1 atom stereocenters. The van der Waals surface area contributed by atoms with Crippen LogP contribution in [0.1, 0.15) is 158 Å². The Morgan fingerprint density at radius 3 is 1.94 bits per heavy atom. The third-order valence-electron chi connectivity index (χ3n) is 9.77. The van der Waals surface area contributed by atoms with Gasteiger partial charge in [-0.05, 0) is 79.4 Å². The molecule has 0 amide bonds. The molecule has 3 rings (SSSR count). The number of H-pyrrole nitrogens is 1. The Morgan fingerprint density at radius 2 is 1.38 bits per heavy atom. The standard InChI is InChI=1S/C32H41F4NO4.C10H23N/c1-30(2,26-19-24(33)13-14-28(26)41-3)21-31(40,15-9-7-5-4-6-8-10-16-32(34,35)36)20-25-17-22-11-12-23(29(38)39)18-27(22)37-25;1-2-3-4-5-6-7-8-9-10-11/h11-14,17-19,37,40H,4-10,15-16,20-21H2,1-3H3,(H,38,39);2-11H2,1H3. The van der Waals surface area contributed by atoms with E-state index in [-0.39, 0.29) is 18.4 Å². The normalized spacial score (nSPS) is 13.1. The van der Waals surface area contributed by atoms with Crippen LogP contribution in [0.3, 0.4) is 0 Å². The fourth-order valence-electron chi connectivity index (χ4n) is 7.08. The molecule has 0 radical (unpaired) electrons. The number of unbranched alkanes of at least 4 members (excludes halogenated alkanes) is 13. The summed E-state index contributed by atoms with van der Waals surface area (Å²) >= 11 is 0. The van der Waals surface area contributed by atoms with Crippen molar-refractivity contribution in [3.63, 3.8) is 0 Å². The molecule has 0 bridgehead atoms. The quantitative estimate of drug-likeness (QED) is 0.0541. The number of carbonyl (C=O) groups is 1. The number of hydrogen-bond acceptors (Lipinski definition) is 4. The summed E-state index contributed by atoms with van der Waals surface area (Å²) in [5.41, 5.74) is 5.81. The highest BCUT2D eigenvalue weighted by Crippen LogP contribution is 2.41. The van der Waals surface area contributed by atoms with Gasteiger partial charge in [0.2, 0.25) is 0 Å². The highest BCUT2D eigenvalue weighted by atomic mass is 19.4. The third kappa shape index (κ3) is 17.1. The number of ether oxygens (including phenoxy) is 1. The summed E-state index contributed by atoms with van der Waals surface area (Å²) in [5, 5.41) is 22.2. The zero-order chi connectivity index (χ0) is 38.6. The predicted octanol–water partition coefficient (Wildman–Crippen LogP) is 11.8. The third-order valence-corrected chi connectivity index (χ3v) is 9.77. The Morgan fingerprint density at radius 1 is 0.808 bits per heavy atom. The molecule has 6 nitrogen and oxygen atoms in total. The van der Waals surface area contributed by atoms with Gasteiger partial charge in [-0.25, -0.2) is 9.18 Å². The first-order chi connectivity index (χ1) is 24.6. The lowest BCUT2D eigenvalue weighted by atomic mass is 9.72. The second-order valence-corrected chi connectivity index (χ2v) is 15.1. The minimum absolute atomic E-state index is 0.153. The summed E-state index contributed by atoms with van der Waals surface area (Å²) in [6, 6.07) is 11.1. The summed E-state index contributed by atoms with van der Waals surface area (Å²) in [4.78, 5) is 14.7. The number of aliphatic hydroxyl groups is 1. The average molecular weight is 737 g/mol. The van der Waals surface area contributed by atoms with E-state index >= 15 is 0 Å². The van der Waals surface area contributed by atoms with Crippen LogP contribution < -0.4 is 10.5 Å². The molecule has 3 aromatic rings. The van der Waals surface area contributed by atoms with Gasteiger partial charge in [0, 0.05) is 29.6 Å². The van der Waals surface area contributed by atoms with E-state index in [4.69, 9.17) is 10.5 Å². The number of methoxy groups -OCH3 is 1. The van der Waals surface area contributed by atoms with Crippen LogP contribution in [0.25, 0.3) is 10.9 Å². The molecule has 52 heavy (non-hydrogen) atoms. The minimum atomic E-state index is -4.10. The predicted molar refractivity (Wildman–Crippen MR) is 204 cm³/mol. The van der Waals surface area contributed by atoms with Crippen LogP contribution in [0.2, 0.25) is 0 Å². The van der Waals surface area contributed by atoms with Gasteiger partial charge in [-0.2, -0.15) is 13.2 Å². The smallest absolute Gasteiger partial charge is 0.389 e. The first-order valence-electron chi connectivity index (χ1n) is 19.3. The van der Waals surface area contributed by atoms with Crippen molar-refractivity contribution in [2.45, 2.75) is 160 Å². The molecule has 0 saturated carbocycles. The zero-order valence-corrected chi connectivity index (χ0v) is 32.0. The minimum Gasteiger partial charge on any atom is -0.496 e. The molecule has 0 spiro atoms. The fourth-order valence-corrected chi connectivity index (χ4v) is 7.08. The van der Waals surface area contributed by atoms with Crippen molar-refractivity contribution in [1.29, 1.82) is 0 Å². The van der Waals surface area contributed by atoms with Gasteiger partial charge in [-0.15, -0.1) is 0 Å². The van der Waals surface area contributed by atoms with Gasteiger partial charge in [0.1, 0.15) is 11.6 Å². The molecule has 10 heteroatoms. The number of fused-ring (bicyclic) bond motifs is 1. The number of rotatable bonds is 24. The van der Waals surface area contributed by atoms with Crippen molar-refractivity contribution >= 4 is 16.9 Å². The summed E-state index contributed by atoms with van der Waals surface area (Å²) in [6.45, 7) is 7.02. The number of aromatic nitrogens is 1. The average Bonchev–Trinajstić information content (AvgIpc) is 3.47. The molecule has 1 heterocycles. The van der Waals surface area contributed by atoms with Crippen LogP contribution in [-0.4, -0.2) is 46.6 Å². The fraction of sp³-hybridized carbons (Fsp3) is 0.643. The van der Waals surface area contributed by atoms with Crippen molar-refractivity contribution in [3.8, 4) is 5.75 Å². The molecule has 1 aromatic heterocycles. The second-order valence-electron chi connectivity index (χ2n) is 15.1. The van der Waals surface area contributed by atoms with Crippen LogP contribution in [-0.2, 0) is 11.8 Å². The number of carboxylic acid groups (broad SMARTS) is 1. The van der Waals surface area contributed by atoms with Crippen molar-refractivity contribution in [2.75, 3.05) is 13.7 Å². The number of hydrogen-bond donors (Lipinski definition) is 4. The molecule has 2 aromatic carbocycles. The van der Waals surface area contributed by atoms with E-state index < -0.39 is 35.4 Å². The first kappa shape index (κ1) is 45.0. The Kier molecular flexibility index (Phi) is 19.8. The van der Waals surface area contributed by atoms with Gasteiger partial charge in [0.25, 0.3) is 0 Å². The molecule has 0 saturated heterocycles. The number of halogens is 4. The van der Waals surface area contributed by atoms with E-state index in [1.807, 2.05) is 19.9 Å². The van der Waals surface area contributed by atoms with E-state index in [9.17, 15) is 32.6 Å². The summed E-state index contributed by atoms with van der Waals surface area (Å²) in [7, 11) is 1.53. The summed E-state index contributed by atoms with van der Waals surface area (Å²) in [5.74, 6) is -0.876. The highest BCUT2D eigenvalue weighted by molar-refractivity contribution is 5.93. The van der Waals surface area contributed by atoms with E-state index in [0.717, 1.165) is 49.7 Å². The van der Waals surface area contributed by atoms with Crippen LogP contribution in [0.5, 0.6) is 5.75 Å². The van der Waals surface area contributed by atoms with Gasteiger partial charge in [-0.3, -0.25) is 0 Å². The van der Waals surface area contributed by atoms with Crippen LogP contribution in [0.4, 0.5) is 17.6 Å². The molecule has 294 valence electrons. The lowest BCUT2D eigenvalue weighted by Gasteiger charge is -2.37. The number of benzene rings is 2. The van der Waals surface area contributed by atoms with Crippen molar-refractivity contribution in [1.82, 2.24) is 4.98 Å². The van der Waals surface area contributed by atoms with Crippen molar-refractivity contribution in [3.05, 3.63) is 65.1 Å². The molecule has 0 fully saturated rings. The Labute approximate surface area is 308 Å². The highest BCUT2D eigenvalue weighted by Gasteiger charge is 2.37. The molecule has 5 N–H and O–H groups in total. The maximum Gasteiger partial charge on any atom is 0.389 e. The number of alkyl halides is 3. The van der Waals surface area contributed by atoms with Crippen LogP contribution in [0.15, 0.2) is 42.5 Å². The van der Waals surface area contributed by atoms with Gasteiger partial charge in [-0.1, -0.05) is 110 Å². The van der Waals surface area contributed by atoms with Gasteiger partial charge in [0.15, 0.2) is 0 Å². The SMILES string of the molecule is CCCCCCCCCCN.COc1ccc(F)cc1C(C)(C)CC(O)(CCCCCCCCCC(F)(F)F)Cc1cc2ccc(C(=O)O)cc2[nH]1. The molecule has 0 aliphatic rings. The van der Waals surface area contributed by atoms with Crippen molar-refractivity contribution < 1.29 is 37.3 Å². The first-order valence-corrected chi connectivity index (χ1v) is 19.3. The van der Waals surface area contributed by atoms with Gasteiger partial charge >= 0.3 is 12.1 Å². The maximum atomic E-state index is 14.2. The number of carboxylic acids is 1. The molecule has 0 aliphatic carbocycles. The van der Waals surface area contributed by atoms with E-state index in [2.05, 4.69) is 11.9 Å². The molecule has 1 unspecified atom stereocenters. The molecular formula is C42H64F4N2O4. The summed E-state index contributed by atoms with van der Waals surface area (Å²) in [6.07, 6.45) is 11.9. The maximum absolute atomic E-state index is 14.2. The number of aromatic amines is 1. The Bertz CT molecular complexity index is 1450. The lowest BCUT2D eigenvalue weighted by Crippen LogP contribution is -2.39. The summed E-state index contributed by atoms with van der Waals surface area (Å²) < 4.78 is 56.7. The number of aromatic carboxylic acids is 1. The van der Waals surface area contributed by atoms with Crippen LogP contribution >= 0.6 is 0 Å². The van der Waals surface area contributed by atoms with E-state index in [0.29, 0.717) is 36.1 Å². The molecule has 0 aliphatic heterocycles. The monoisotopic (exact) mass is 736 g/mol.